The van der Waals surface area contributed by atoms with Gasteiger partial charge in [-0.25, -0.2) is 4.79 Å². The Morgan fingerprint density at radius 3 is 2.93 bits per heavy atom. The smallest absolute Gasteiger partial charge is 0.336 e. The van der Waals surface area contributed by atoms with Crippen molar-refractivity contribution in [3.8, 4) is 0 Å². The second kappa shape index (κ2) is 3.90. The van der Waals surface area contributed by atoms with E-state index in [0.717, 1.165) is 24.9 Å². The van der Waals surface area contributed by atoms with Crippen LogP contribution in [0.4, 0.5) is 5.69 Å². The average Bonchev–Trinajstić information content (AvgIpc) is 2.70. The number of aromatic carboxylic acids is 1. The summed E-state index contributed by atoms with van der Waals surface area (Å²) in [5, 5.41) is 12.4. The molecular formula is C11H14N2O2. The van der Waals surface area contributed by atoms with Gasteiger partial charge in [0.2, 0.25) is 0 Å². The lowest BCUT2D eigenvalue weighted by Gasteiger charge is -2.13. The molecule has 1 heterocycles. The Balaban J connectivity index is 2.40. The molecule has 0 spiro atoms. The normalized spacial score (nSPS) is 20.4. The van der Waals surface area contributed by atoms with Crippen molar-refractivity contribution in [3.63, 3.8) is 0 Å². The maximum Gasteiger partial charge on any atom is 0.336 e. The third-order valence-electron chi connectivity index (χ3n) is 2.74. The molecule has 1 fully saturated rings. The molecule has 1 aromatic rings. The number of anilines is 1. The number of carboxylic acid groups (broad SMARTS) is 1. The molecule has 2 rings (SSSR count). The summed E-state index contributed by atoms with van der Waals surface area (Å²) < 4.78 is 0. The topological polar surface area (TPSA) is 75.3 Å². The Kier molecular flexibility index (Phi) is 2.60. The van der Waals surface area contributed by atoms with Crippen molar-refractivity contribution in [3.05, 3.63) is 29.3 Å². The lowest BCUT2D eigenvalue weighted by molar-refractivity contribution is 0.0695. The number of rotatable bonds is 2. The van der Waals surface area contributed by atoms with Crippen LogP contribution in [0, 0.1) is 0 Å². The van der Waals surface area contributed by atoms with E-state index < -0.39 is 5.97 Å². The number of carbonyl (C=O) groups is 1. The van der Waals surface area contributed by atoms with Crippen molar-refractivity contribution in [2.45, 2.75) is 18.9 Å². The van der Waals surface area contributed by atoms with Crippen LogP contribution in [-0.2, 0) is 0 Å². The summed E-state index contributed by atoms with van der Waals surface area (Å²) >= 11 is 0. The van der Waals surface area contributed by atoms with Gasteiger partial charge in [-0.15, -0.1) is 0 Å². The monoisotopic (exact) mass is 206 g/mol. The molecule has 1 saturated heterocycles. The van der Waals surface area contributed by atoms with E-state index in [4.69, 9.17) is 10.8 Å². The van der Waals surface area contributed by atoms with Gasteiger partial charge in [0.25, 0.3) is 0 Å². The minimum atomic E-state index is -0.911. The van der Waals surface area contributed by atoms with Gasteiger partial charge in [-0.2, -0.15) is 0 Å². The van der Waals surface area contributed by atoms with E-state index in [9.17, 15) is 4.79 Å². The van der Waals surface area contributed by atoms with Crippen molar-refractivity contribution >= 4 is 11.7 Å². The summed E-state index contributed by atoms with van der Waals surface area (Å²) in [6.07, 6.45) is 2.08. The molecule has 0 amide bonds. The van der Waals surface area contributed by atoms with E-state index in [0.29, 0.717) is 11.3 Å². The van der Waals surface area contributed by atoms with Crippen molar-refractivity contribution in [2.24, 2.45) is 0 Å². The molecule has 1 aliphatic rings. The van der Waals surface area contributed by atoms with E-state index in [-0.39, 0.29) is 6.04 Å². The summed E-state index contributed by atoms with van der Waals surface area (Å²) in [6.45, 7) is 0.952. The lowest BCUT2D eigenvalue weighted by atomic mass is 9.98. The van der Waals surface area contributed by atoms with E-state index in [2.05, 4.69) is 5.32 Å². The standard InChI is InChI=1S/C11H14N2O2/c12-7-3-4-8(9(6-7)11(14)15)10-2-1-5-13-10/h3-4,6,10,13H,1-2,5,12H2,(H,14,15)/t10-/m1/s1. The molecule has 0 unspecified atom stereocenters. The number of nitrogens with two attached hydrogens (primary N) is 1. The maximum absolute atomic E-state index is 11.0. The summed E-state index contributed by atoms with van der Waals surface area (Å²) in [5.41, 5.74) is 7.23. The molecule has 1 aromatic carbocycles. The third-order valence-corrected chi connectivity index (χ3v) is 2.74. The Morgan fingerprint density at radius 2 is 2.33 bits per heavy atom. The lowest BCUT2D eigenvalue weighted by Crippen LogP contribution is -2.16. The number of benzene rings is 1. The first-order valence-corrected chi connectivity index (χ1v) is 5.04. The number of nitrogen functional groups attached to an aromatic ring is 1. The third kappa shape index (κ3) is 1.94. The number of carboxylic acids is 1. The van der Waals surface area contributed by atoms with Gasteiger partial charge in [-0.1, -0.05) is 6.07 Å². The van der Waals surface area contributed by atoms with Crippen LogP contribution in [-0.4, -0.2) is 17.6 Å². The van der Waals surface area contributed by atoms with Gasteiger partial charge in [0.05, 0.1) is 5.56 Å². The first kappa shape index (κ1) is 9.98. The van der Waals surface area contributed by atoms with E-state index in [1.807, 2.05) is 6.07 Å². The van der Waals surface area contributed by atoms with Crippen LogP contribution in [0.2, 0.25) is 0 Å². The number of hydrogen-bond donors (Lipinski definition) is 3. The largest absolute Gasteiger partial charge is 0.478 e. The van der Waals surface area contributed by atoms with Crippen LogP contribution in [0.3, 0.4) is 0 Å². The summed E-state index contributed by atoms with van der Waals surface area (Å²) in [5.74, 6) is -0.911. The molecule has 4 nitrogen and oxygen atoms in total. The van der Waals surface area contributed by atoms with Gasteiger partial charge in [-0.3, -0.25) is 0 Å². The van der Waals surface area contributed by atoms with Gasteiger partial charge in [0, 0.05) is 11.7 Å². The van der Waals surface area contributed by atoms with Crippen LogP contribution >= 0.6 is 0 Å². The van der Waals surface area contributed by atoms with Crippen molar-refractivity contribution < 1.29 is 9.90 Å². The highest BCUT2D eigenvalue weighted by Crippen LogP contribution is 2.27. The zero-order chi connectivity index (χ0) is 10.8. The second-order valence-corrected chi connectivity index (χ2v) is 3.80. The fourth-order valence-electron chi connectivity index (χ4n) is 2.01. The fraction of sp³-hybridized carbons (Fsp3) is 0.364. The van der Waals surface area contributed by atoms with Gasteiger partial charge in [0.15, 0.2) is 0 Å². The van der Waals surface area contributed by atoms with E-state index in [1.165, 1.54) is 6.07 Å². The highest BCUT2D eigenvalue weighted by molar-refractivity contribution is 5.90. The zero-order valence-corrected chi connectivity index (χ0v) is 8.36. The SMILES string of the molecule is Nc1ccc([C@H]2CCCN2)c(C(=O)O)c1. The van der Waals surface area contributed by atoms with E-state index >= 15 is 0 Å². The average molecular weight is 206 g/mol. The van der Waals surface area contributed by atoms with Gasteiger partial charge >= 0.3 is 5.97 Å². The maximum atomic E-state index is 11.0. The minimum absolute atomic E-state index is 0.164. The molecule has 15 heavy (non-hydrogen) atoms. The van der Waals surface area contributed by atoms with Gasteiger partial charge in [0.1, 0.15) is 0 Å². The first-order chi connectivity index (χ1) is 7.18. The highest BCUT2D eigenvalue weighted by Gasteiger charge is 2.21. The zero-order valence-electron chi connectivity index (χ0n) is 8.36. The number of nitrogens with one attached hydrogen (secondary N) is 1. The second-order valence-electron chi connectivity index (χ2n) is 3.80. The first-order valence-electron chi connectivity index (χ1n) is 5.04. The molecule has 0 saturated carbocycles. The van der Waals surface area contributed by atoms with Gasteiger partial charge < -0.3 is 16.2 Å². The molecule has 0 radical (unpaired) electrons. The summed E-state index contributed by atoms with van der Waals surface area (Å²) in [6, 6.07) is 5.25. The van der Waals surface area contributed by atoms with Crippen LogP contribution in [0.1, 0.15) is 34.8 Å². The van der Waals surface area contributed by atoms with Crippen LogP contribution in [0.15, 0.2) is 18.2 Å². The molecule has 0 aromatic heterocycles. The molecule has 4 N–H and O–H groups in total. The Hall–Kier alpha value is -1.55. The molecule has 4 heteroatoms. The molecule has 1 atom stereocenters. The summed E-state index contributed by atoms with van der Waals surface area (Å²) in [4.78, 5) is 11.0. The molecule has 0 bridgehead atoms. The molecule has 1 aliphatic heterocycles. The molecule has 80 valence electrons. The van der Waals surface area contributed by atoms with Crippen molar-refractivity contribution in [1.82, 2.24) is 5.32 Å². The molecule has 0 aliphatic carbocycles. The van der Waals surface area contributed by atoms with Crippen LogP contribution in [0.5, 0.6) is 0 Å². The Labute approximate surface area is 88.1 Å². The Morgan fingerprint density at radius 1 is 1.53 bits per heavy atom. The van der Waals surface area contributed by atoms with Gasteiger partial charge in [-0.05, 0) is 37.1 Å². The van der Waals surface area contributed by atoms with E-state index in [1.54, 1.807) is 6.07 Å². The van der Waals surface area contributed by atoms with Crippen LogP contribution < -0.4 is 11.1 Å². The van der Waals surface area contributed by atoms with Crippen molar-refractivity contribution in [1.29, 1.82) is 0 Å². The minimum Gasteiger partial charge on any atom is -0.478 e. The highest BCUT2D eigenvalue weighted by atomic mass is 16.4. The molecular weight excluding hydrogens is 192 g/mol. The number of hydrogen-bond acceptors (Lipinski definition) is 3. The van der Waals surface area contributed by atoms with Crippen molar-refractivity contribution in [2.75, 3.05) is 12.3 Å². The van der Waals surface area contributed by atoms with Crippen LogP contribution in [0.25, 0.3) is 0 Å². The fourth-order valence-corrected chi connectivity index (χ4v) is 2.01. The predicted molar refractivity (Wildman–Crippen MR) is 57.8 cm³/mol. The summed E-state index contributed by atoms with van der Waals surface area (Å²) in [7, 11) is 0. The Bertz CT molecular complexity index is 384. The predicted octanol–water partition coefficient (Wildman–Crippen LogP) is 1.39. The quantitative estimate of drug-likeness (QED) is 0.639.